The summed E-state index contributed by atoms with van der Waals surface area (Å²) < 4.78 is 0. The molecule has 0 saturated heterocycles. The first-order valence-corrected chi connectivity index (χ1v) is 4.57. The molecule has 0 radical (unpaired) electrons. The second-order valence-corrected chi connectivity index (χ2v) is 3.34. The van der Waals surface area contributed by atoms with E-state index in [-0.39, 0.29) is 23.7 Å². The van der Waals surface area contributed by atoms with Gasteiger partial charge in [-0.1, -0.05) is 6.92 Å². The summed E-state index contributed by atoms with van der Waals surface area (Å²) in [6.45, 7) is 3.38. The number of phenols is 2. The van der Waals surface area contributed by atoms with Crippen LogP contribution in [0, 0.1) is 0 Å². The van der Waals surface area contributed by atoms with Crippen LogP contribution >= 0.6 is 0 Å². The third-order valence-electron chi connectivity index (χ3n) is 2.10. The van der Waals surface area contributed by atoms with E-state index in [2.05, 4.69) is 0 Å². The molecule has 14 heavy (non-hydrogen) atoms. The van der Waals surface area contributed by atoms with Crippen LogP contribution < -0.4 is 0 Å². The lowest BCUT2D eigenvalue weighted by Gasteiger charge is -2.07. The molecule has 0 spiro atoms. The maximum atomic E-state index is 10.9. The Morgan fingerprint density at radius 3 is 2.29 bits per heavy atom. The Morgan fingerprint density at radius 1 is 1.21 bits per heavy atom. The molecule has 0 heterocycles. The third-order valence-corrected chi connectivity index (χ3v) is 2.10. The van der Waals surface area contributed by atoms with E-state index in [1.165, 1.54) is 13.0 Å². The van der Waals surface area contributed by atoms with E-state index in [9.17, 15) is 15.0 Å². The van der Waals surface area contributed by atoms with E-state index < -0.39 is 0 Å². The maximum absolute atomic E-state index is 10.9. The molecule has 0 atom stereocenters. The highest BCUT2D eigenvalue weighted by atomic mass is 16.3. The Labute approximate surface area is 83.0 Å². The highest BCUT2D eigenvalue weighted by Crippen LogP contribution is 2.28. The van der Waals surface area contributed by atoms with Crippen LogP contribution in [-0.2, 0) is 17.6 Å². The third kappa shape index (κ3) is 2.25. The number of Topliss-reactive ketones (excluding diaryl/α,β-unsaturated/α-hetero) is 1. The molecule has 0 aliphatic heterocycles. The van der Waals surface area contributed by atoms with Crippen LogP contribution in [0.3, 0.4) is 0 Å². The van der Waals surface area contributed by atoms with Gasteiger partial charge in [0.2, 0.25) is 0 Å². The molecule has 0 aliphatic carbocycles. The molecule has 1 rings (SSSR count). The van der Waals surface area contributed by atoms with Crippen LogP contribution in [-0.4, -0.2) is 16.0 Å². The Hall–Kier alpha value is -1.51. The molecule has 1 aromatic rings. The zero-order chi connectivity index (χ0) is 10.7. The normalized spacial score (nSPS) is 10.1. The van der Waals surface area contributed by atoms with Gasteiger partial charge in [-0.2, -0.15) is 0 Å². The summed E-state index contributed by atoms with van der Waals surface area (Å²) in [5.41, 5.74) is 1.33. The van der Waals surface area contributed by atoms with E-state index in [1.807, 2.05) is 6.92 Å². The summed E-state index contributed by atoms with van der Waals surface area (Å²) in [7, 11) is 0. The number of aryl methyl sites for hydroxylation is 1. The van der Waals surface area contributed by atoms with Crippen molar-refractivity contribution in [2.75, 3.05) is 0 Å². The topological polar surface area (TPSA) is 57.5 Å². The fourth-order valence-electron chi connectivity index (χ4n) is 1.37. The molecular formula is C11H14O3. The second kappa shape index (κ2) is 4.13. The SMILES string of the molecule is CCc1cc(CC(C)=O)c(O)cc1O. The Kier molecular flexibility index (Phi) is 3.12. The van der Waals surface area contributed by atoms with Crippen LogP contribution in [0.1, 0.15) is 25.0 Å². The quantitative estimate of drug-likeness (QED) is 0.771. The molecule has 76 valence electrons. The van der Waals surface area contributed by atoms with Crippen molar-refractivity contribution in [1.82, 2.24) is 0 Å². The fourth-order valence-corrected chi connectivity index (χ4v) is 1.37. The van der Waals surface area contributed by atoms with Crippen molar-refractivity contribution in [3.8, 4) is 11.5 Å². The maximum Gasteiger partial charge on any atom is 0.134 e. The summed E-state index contributed by atoms with van der Waals surface area (Å²) >= 11 is 0. The van der Waals surface area contributed by atoms with Crippen LogP contribution in [0.2, 0.25) is 0 Å². The van der Waals surface area contributed by atoms with Crippen LogP contribution in [0.15, 0.2) is 12.1 Å². The van der Waals surface area contributed by atoms with Crippen LogP contribution in [0.25, 0.3) is 0 Å². The Balaban J connectivity index is 3.10. The van der Waals surface area contributed by atoms with Crippen molar-refractivity contribution in [2.24, 2.45) is 0 Å². The summed E-state index contributed by atoms with van der Waals surface area (Å²) in [6, 6.07) is 2.96. The lowest BCUT2D eigenvalue weighted by molar-refractivity contribution is -0.116. The summed E-state index contributed by atoms with van der Waals surface area (Å²) in [4.78, 5) is 10.9. The van der Waals surface area contributed by atoms with E-state index >= 15 is 0 Å². The number of carbonyl (C=O) groups excluding carboxylic acids is 1. The van der Waals surface area contributed by atoms with Gasteiger partial charge in [0.05, 0.1) is 0 Å². The molecule has 1 aromatic carbocycles. The molecule has 0 aromatic heterocycles. The molecule has 3 heteroatoms. The molecule has 0 fully saturated rings. The molecule has 0 saturated carbocycles. The first-order valence-electron chi connectivity index (χ1n) is 4.57. The van der Waals surface area contributed by atoms with Crippen molar-refractivity contribution < 1.29 is 15.0 Å². The van der Waals surface area contributed by atoms with E-state index in [1.54, 1.807) is 6.07 Å². The van der Waals surface area contributed by atoms with Gasteiger partial charge >= 0.3 is 0 Å². The van der Waals surface area contributed by atoms with Gasteiger partial charge in [-0.15, -0.1) is 0 Å². The average Bonchev–Trinajstić information content (AvgIpc) is 2.09. The smallest absolute Gasteiger partial charge is 0.134 e. The van der Waals surface area contributed by atoms with Crippen molar-refractivity contribution in [1.29, 1.82) is 0 Å². The summed E-state index contributed by atoms with van der Waals surface area (Å²) in [5.74, 6) is 0.0558. The molecular weight excluding hydrogens is 180 g/mol. The minimum atomic E-state index is -0.0186. The molecule has 0 bridgehead atoms. The number of rotatable bonds is 3. The number of hydrogen-bond acceptors (Lipinski definition) is 3. The van der Waals surface area contributed by atoms with Gasteiger partial charge in [0.1, 0.15) is 17.3 Å². The molecule has 2 N–H and O–H groups in total. The molecule has 0 aliphatic rings. The first kappa shape index (κ1) is 10.6. The lowest BCUT2D eigenvalue weighted by atomic mass is 10.0. The molecule has 0 unspecified atom stereocenters. The monoisotopic (exact) mass is 194 g/mol. The van der Waals surface area contributed by atoms with Crippen molar-refractivity contribution in [3.05, 3.63) is 23.3 Å². The average molecular weight is 194 g/mol. The number of hydrogen-bond donors (Lipinski definition) is 2. The number of carbonyl (C=O) groups is 1. The summed E-state index contributed by atoms with van der Waals surface area (Å²) in [6.07, 6.45) is 0.885. The number of ketones is 1. The van der Waals surface area contributed by atoms with Crippen LogP contribution in [0.4, 0.5) is 0 Å². The highest BCUT2D eigenvalue weighted by molar-refractivity contribution is 5.79. The standard InChI is InChI=1S/C11H14O3/c1-3-8-5-9(4-7(2)12)11(14)6-10(8)13/h5-6,13-14H,3-4H2,1-2H3. The fraction of sp³-hybridized carbons (Fsp3) is 0.364. The number of benzene rings is 1. The van der Waals surface area contributed by atoms with Gasteiger partial charge in [-0.3, -0.25) is 4.79 Å². The van der Waals surface area contributed by atoms with Crippen LogP contribution in [0.5, 0.6) is 11.5 Å². The Morgan fingerprint density at radius 2 is 1.79 bits per heavy atom. The van der Waals surface area contributed by atoms with Crippen molar-refractivity contribution in [3.63, 3.8) is 0 Å². The van der Waals surface area contributed by atoms with Gasteiger partial charge in [-0.25, -0.2) is 0 Å². The second-order valence-electron chi connectivity index (χ2n) is 3.34. The van der Waals surface area contributed by atoms with Crippen molar-refractivity contribution in [2.45, 2.75) is 26.7 Å². The highest BCUT2D eigenvalue weighted by Gasteiger charge is 2.08. The van der Waals surface area contributed by atoms with E-state index in [0.29, 0.717) is 12.0 Å². The number of phenolic OH excluding ortho intramolecular Hbond substituents is 2. The van der Waals surface area contributed by atoms with Crippen molar-refractivity contribution >= 4 is 5.78 Å². The minimum absolute atomic E-state index is 0.00644. The summed E-state index contributed by atoms with van der Waals surface area (Å²) in [5, 5.41) is 18.9. The van der Waals surface area contributed by atoms with E-state index in [0.717, 1.165) is 5.56 Å². The molecule has 3 nitrogen and oxygen atoms in total. The molecule has 0 amide bonds. The van der Waals surface area contributed by atoms with Gasteiger partial charge in [0.25, 0.3) is 0 Å². The number of aromatic hydroxyl groups is 2. The largest absolute Gasteiger partial charge is 0.508 e. The Bertz CT molecular complexity index is 356. The van der Waals surface area contributed by atoms with Gasteiger partial charge < -0.3 is 10.2 Å². The lowest BCUT2D eigenvalue weighted by Crippen LogP contribution is -1.98. The van der Waals surface area contributed by atoms with Gasteiger partial charge in [-0.05, 0) is 25.0 Å². The predicted octanol–water partition coefficient (Wildman–Crippen LogP) is 1.79. The predicted molar refractivity (Wildman–Crippen MR) is 53.5 cm³/mol. The minimum Gasteiger partial charge on any atom is -0.508 e. The van der Waals surface area contributed by atoms with E-state index in [4.69, 9.17) is 0 Å². The zero-order valence-electron chi connectivity index (χ0n) is 8.37. The zero-order valence-corrected chi connectivity index (χ0v) is 8.37. The first-order chi connectivity index (χ1) is 6.54. The van der Waals surface area contributed by atoms with Gasteiger partial charge in [0, 0.05) is 18.1 Å². The van der Waals surface area contributed by atoms with Gasteiger partial charge in [0.15, 0.2) is 0 Å².